The van der Waals surface area contributed by atoms with Crippen molar-refractivity contribution < 1.29 is 27.9 Å². The second-order valence-electron chi connectivity index (χ2n) is 5.55. The molecule has 9 heteroatoms. The van der Waals surface area contributed by atoms with Gasteiger partial charge in [-0.3, -0.25) is 4.79 Å². The number of ether oxygens (including phenoxy) is 3. The van der Waals surface area contributed by atoms with Gasteiger partial charge in [0, 0.05) is 6.07 Å². The van der Waals surface area contributed by atoms with Crippen LogP contribution in [0.3, 0.4) is 0 Å². The van der Waals surface area contributed by atoms with Crippen LogP contribution in [-0.2, 0) is 0 Å². The standard InChI is InChI=1S/C19H17N3O6/c1-24-16-7-11(8-17(25-2)18(16)26-3)13(10-20)21-19(23)12-9-15(28-22-12)14-5-4-6-27-14/h4-9,13H,1-3H3,(H,21,23). The van der Waals surface area contributed by atoms with Crippen LogP contribution in [0.5, 0.6) is 17.2 Å². The molecule has 1 N–H and O–H groups in total. The molecule has 0 radical (unpaired) electrons. The van der Waals surface area contributed by atoms with Crippen molar-refractivity contribution in [3.8, 4) is 34.8 Å². The van der Waals surface area contributed by atoms with Gasteiger partial charge >= 0.3 is 0 Å². The van der Waals surface area contributed by atoms with E-state index in [1.807, 2.05) is 6.07 Å². The topological polar surface area (TPSA) is 120 Å². The summed E-state index contributed by atoms with van der Waals surface area (Å²) >= 11 is 0. The van der Waals surface area contributed by atoms with E-state index in [9.17, 15) is 10.1 Å². The highest BCUT2D eigenvalue weighted by Crippen LogP contribution is 2.39. The number of nitrogens with one attached hydrogen (secondary N) is 1. The lowest BCUT2D eigenvalue weighted by Crippen LogP contribution is -2.28. The van der Waals surface area contributed by atoms with Crippen LogP contribution in [0.15, 0.2) is 45.5 Å². The van der Waals surface area contributed by atoms with E-state index in [1.165, 1.54) is 33.7 Å². The van der Waals surface area contributed by atoms with Crippen LogP contribution in [-0.4, -0.2) is 32.4 Å². The fourth-order valence-electron chi connectivity index (χ4n) is 2.58. The van der Waals surface area contributed by atoms with Gasteiger partial charge in [0.1, 0.15) is 6.04 Å². The minimum atomic E-state index is -0.982. The van der Waals surface area contributed by atoms with Gasteiger partial charge in [0.05, 0.1) is 33.7 Å². The summed E-state index contributed by atoms with van der Waals surface area (Å²) in [6, 6.07) is 9.02. The Morgan fingerprint density at radius 2 is 1.86 bits per heavy atom. The van der Waals surface area contributed by atoms with E-state index in [0.717, 1.165) is 0 Å². The van der Waals surface area contributed by atoms with E-state index in [4.69, 9.17) is 23.2 Å². The van der Waals surface area contributed by atoms with Gasteiger partial charge in [0.2, 0.25) is 11.5 Å². The molecule has 0 saturated heterocycles. The zero-order chi connectivity index (χ0) is 20.1. The van der Waals surface area contributed by atoms with Crippen LogP contribution in [0.25, 0.3) is 11.5 Å². The number of methoxy groups -OCH3 is 3. The van der Waals surface area contributed by atoms with Crippen molar-refractivity contribution in [2.75, 3.05) is 21.3 Å². The molecule has 0 aliphatic heterocycles. The number of hydrogen-bond donors (Lipinski definition) is 1. The molecule has 1 unspecified atom stereocenters. The van der Waals surface area contributed by atoms with Crippen LogP contribution in [0.4, 0.5) is 0 Å². The van der Waals surface area contributed by atoms with E-state index in [2.05, 4.69) is 10.5 Å². The zero-order valence-corrected chi connectivity index (χ0v) is 15.4. The molecule has 3 aromatic rings. The maximum absolute atomic E-state index is 12.5. The fourth-order valence-corrected chi connectivity index (χ4v) is 2.58. The van der Waals surface area contributed by atoms with Crippen molar-refractivity contribution in [2.24, 2.45) is 0 Å². The summed E-state index contributed by atoms with van der Waals surface area (Å²) in [6.45, 7) is 0. The first-order valence-electron chi connectivity index (χ1n) is 8.12. The summed E-state index contributed by atoms with van der Waals surface area (Å²) in [5, 5.41) is 15.9. The number of nitriles is 1. The molecule has 0 aliphatic carbocycles. The minimum absolute atomic E-state index is 0.0130. The van der Waals surface area contributed by atoms with E-state index < -0.39 is 11.9 Å². The Morgan fingerprint density at radius 3 is 2.39 bits per heavy atom. The maximum Gasteiger partial charge on any atom is 0.274 e. The number of carbonyl (C=O) groups excluding carboxylic acids is 1. The quantitative estimate of drug-likeness (QED) is 0.661. The number of furan rings is 1. The van der Waals surface area contributed by atoms with Crippen molar-refractivity contribution >= 4 is 5.91 Å². The van der Waals surface area contributed by atoms with Gasteiger partial charge in [-0.2, -0.15) is 5.26 Å². The molecule has 2 heterocycles. The molecule has 2 aromatic heterocycles. The summed E-state index contributed by atoms with van der Waals surface area (Å²) in [5.41, 5.74) is 0.471. The summed E-state index contributed by atoms with van der Waals surface area (Å²) in [4.78, 5) is 12.5. The van der Waals surface area contributed by atoms with Gasteiger partial charge in [-0.25, -0.2) is 0 Å². The second kappa shape index (κ2) is 8.18. The first kappa shape index (κ1) is 18.8. The highest BCUT2D eigenvalue weighted by atomic mass is 16.5. The summed E-state index contributed by atoms with van der Waals surface area (Å²) in [7, 11) is 4.41. The molecule has 144 valence electrons. The predicted octanol–water partition coefficient (Wildman–Crippen LogP) is 2.96. The SMILES string of the molecule is COc1cc(C(C#N)NC(=O)c2cc(-c3ccco3)on2)cc(OC)c1OC. The molecule has 28 heavy (non-hydrogen) atoms. The summed E-state index contributed by atoms with van der Waals surface area (Å²) < 4.78 is 26.1. The van der Waals surface area contributed by atoms with Crippen LogP contribution in [0.1, 0.15) is 22.1 Å². The van der Waals surface area contributed by atoms with Crippen molar-refractivity contribution in [1.29, 1.82) is 5.26 Å². The predicted molar refractivity (Wildman–Crippen MR) is 96.1 cm³/mol. The molecular formula is C19H17N3O6. The highest BCUT2D eigenvalue weighted by molar-refractivity contribution is 5.93. The molecule has 0 fully saturated rings. The second-order valence-corrected chi connectivity index (χ2v) is 5.55. The molecule has 9 nitrogen and oxygen atoms in total. The van der Waals surface area contributed by atoms with Crippen molar-refractivity contribution in [1.82, 2.24) is 10.5 Å². The van der Waals surface area contributed by atoms with Crippen molar-refractivity contribution in [3.63, 3.8) is 0 Å². The average Bonchev–Trinajstić information content (AvgIpc) is 3.42. The number of nitrogens with zero attached hydrogens (tertiary/aromatic N) is 2. The number of hydrogen-bond acceptors (Lipinski definition) is 8. The van der Waals surface area contributed by atoms with Crippen LogP contribution >= 0.6 is 0 Å². The van der Waals surface area contributed by atoms with Crippen molar-refractivity contribution in [3.05, 3.63) is 47.9 Å². The van der Waals surface area contributed by atoms with Gasteiger partial charge in [-0.15, -0.1) is 0 Å². The molecule has 3 rings (SSSR count). The third-order valence-corrected chi connectivity index (χ3v) is 3.93. The minimum Gasteiger partial charge on any atom is -0.493 e. The third-order valence-electron chi connectivity index (χ3n) is 3.93. The van der Waals surface area contributed by atoms with Gasteiger partial charge in [0.25, 0.3) is 5.91 Å². The summed E-state index contributed by atoms with van der Waals surface area (Å²) in [6.07, 6.45) is 1.48. The third kappa shape index (κ3) is 3.61. The zero-order valence-electron chi connectivity index (χ0n) is 15.4. The Balaban J connectivity index is 1.84. The molecule has 0 spiro atoms. The van der Waals surface area contributed by atoms with E-state index in [-0.39, 0.29) is 5.69 Å². The van der Waals surface area contributed by atoms with Crippen LogP contribution < -0.4 is 19.5 Å². The number of aromatic nitrogens is 1. The molecule has 0 aliphatic rings. The van der Waals surface area contributed by atoms with Gasteiger partial charge in [-0.05, 0) is 29.8 Å². The lowest BCUT2D eigenvalue weighted by Gasteiger charge is -2.17. The Morgan fingerprint density at radius 1 is 1.14 bits per heavy atom. The Kier molecular flexibility index (Phi) is 5.50. The van der Waals surface area contributed by atoms with E-state index in [1.54, 1.807) is 24.3 Å². The molecule has 1 atom stereocenters. The lowest BCUT2D eigenvalue weighted by atomic mass is 10.1. The molecule has 1 aromatic carbocycles. The van der Waals surface area contributed by atoms with Gasteiger partial charge < -0.3 is 28.5 Å². The lowest BCUT2D eigenvalue weighted by molar-refractivity contribution is 0.0936. The van der Waals surface area contributed by atoms with E-state index >= 15 is 0 Å². The summed E-state index contributed by atoms with van der Waals surface area (Å²) in [5.74, 6) is 1.28. The monoisotopic (exact) mass is 383 g/mol. The number of carbonyl (C=O) groups is 1. The molecular weight excluding hydrogens is 366 g/mol. The first-order valence-corrected chi connectivity index (χ1v) is 8.12. The van der Waals surface area contributed by atoms with Crippen molar-refractivity contribution in [2.45, 2.75) is 6.04 Å². The maximum atomic E-state index is 12.5. The molecule has 1 amide bonds. The van der Waals surface area contributed by atoms with Crippen LogP contribution in [0, 0.1) is 11.3 Å². The molecule has 0 saturated carbocycles. The van der Waals surface area contributed by atoms with Gasteiger partial charge in [0.15, 0.2) is 23.0 Å². The average molecular weight is 383 g/mol. The van der Waals surface area contributed by atoms with Gasteiger partial charge in [-0.1, -0.05) is 5.16 Å². The highest BCUT2D eigenvalue weighted by Gasteiger charge is 2.22. The fraction of sp³-hybridized carbons (Fsp3) is 0.211. The Bertz CT molecular complexity index is 978. The Labute approximate surface area is 160 Å². The smallest absolute Gasteiger partial charge is 0.274 e. The number of amides is 1. The first-order chi connectivity index (χ1) is 13.6. The number of rotatable bonds is 7. The Hall–Kier alpha value is -3.93. The molecule has 0 bridgehead atoms. The van der Waals surface area contributed by atoms with Crippen LogP contribution in [0.2, 0.25) is 0 Å². The normalized spacial score (nSPS) is 11.4. The largest absolute Gasteiger partial charge is 0.493 e. The number of benzene rings is 1. The van der Waals surface area contributed by atoms with E-state index in [0.29, 0.717) is 34.3 Å².